The van der Waals surface area contributed by atoms with Crippen molar-refractivity contribution in [2.45, 2.75) is 6.42 Å². The van der Waals surface area contributed by atoms with Crippen LogP contribution in [0.15, 0.2) is 22.7 Å². The Morgan fingerprint density at radius 3 is 2.93 bits per heavy atom. The molecule has 0 spiro atoms. The van der Waals surface area contributed by atoms with E-state index in [0.717, 1.165) is 23.2 Å². The summed E-state index contributed by atoms with van der Waals surface area (Å²) in [4.78, 5) is 0. The summed E-state index contributed by atoms with van der Waals surface area (Å²) in [6, 6.07) is 6.47. The van der Waals surface area contributed by atoms with Gasteiger partial charge in [-0.1, -0.05) is 15.9 Å². The van der Waals surface area contributed by atoms with Crippen LogP contribution in [0.1, 0.15) is 5.56 Å². The van der Waals surface area contributed by atoms with E-state index in [2.05, 4.69) is 27.3 Å². The van der Waals surface area contributed by atoms with Gasteiger partial charge in [-0.15, -0.1) is 11.6 Å². The number of nitrogens with one attached hydrogen (secondary N) is 1. The molecule has 0 saturated heterocycles. The molecule has 1 aromatic carbocycles. The van der Waals surface area contributed by atoms with E-state index in [9.17, 15) is 0 Å². The molecule has 14 heavy (non-hydrogen) atoms. The lowest BCUT2D eigenvalue weighted by Crippen LogP contribution is -2.15. The first-order valence-corrected chi connectivity index (χ1v) is 5.69. The largest absolute Gasteiger partial charge is 0.496 e. The third-order valence-electron chi connectivity index (χ3n) is 1.91. The molecule has 0 saturated carbocycles. The summed E-state index contributed by atoms with van der Waals surface area (Å²) in [5, 5.41) is 3.06. The number of benzene rings is 1. The normalized spacial score (nSPS) is 10.2. The fraction of sp³-hybridized carbons (Fsp3) is 0.400. The highest BCUT2D eigenvalue weighted by atomic mass is 79.9. The van der Waals surface area contributed by atoms with Crippen molar-refractivity contribution in [2.24, 2.45) is 0 Å². The van der Waals surface area contributed by atoms with Crippen molar-refractivity contribution in [1.82, 2.24) is 5.32 Å². The van der Waals surface area contributed by atoms with Crippen LogP contribution >= 0.6 is 27.5 Å². The maximum atomic E-state index is 5.52. The van der Waals surface area contributed by atoms with Gasteiger partial charge in [-0.05, 0) is 30.2 Å². The lowest BCUT2D eigenvalue weighted by atomic mass is 10.1. The second-order valence-electron chi connectivity index (χ2n) is 2.84. The SMILES string of the molecule is COc1ccc(Br)cc1CCNCCl. The smallest absolute Gasteiger partial charge is 0.122 e. The zero-order valence-electron chi connectivity index (χ0n) is 8.02. The van der Waals surface area contributed by atoms with Gasteiger partial charge >= 0.3 is 0 Å². The summed E-state index contributed by atoms with van der Waals surface area (Å²) in [6.07, 6.45) is 0.912. The Morgan fingerprint density at radius 1 is 1.50 bits per heavy atom. The monoisotopic (exact) mass is 277 g/mol. The molecule has 4 heteroatoms. The standard InChI is InChI=1S/C10H13BrClNO/c1-14-10-3-2-9(11)6-8(10)4-5-13-7-12/h2-3,6,13H,4-5,7H2,1H3. The number of hydrogen-bond acceptors (Lipinski definition) is 2. The van der Waals surface area contributed by atoms with E-state index in [0.29, 0.717) is 6.00 Å². The van der Waals surface area contributed by atoms with Gasteiger partial charge in [-0.25, -0.2) is 0 Å². The molecule has 0 unspecified atom stereocenters. The van der Waals surface area contributed by atoms with Crippen molar-refractivity contribution in [3.8, 4) is 5.75 Å². The average molecular weight is 279 g/mol. The van der Waals surface area contributed by atoms with Gasteiger partial charge in [0.05, 0.1) is 13.1 Å². The van der Waals surface area contributed by atoms with Crippen LogP contribution in [0.3, 0.4) is 0 Å². The predicted octanol–water partition coefficient (Wildman–Crippen LogP) is 2.79. The van der Waals surface area contributed by atoms with E-state index in [-0.39, 0.29) is 0 Å². The molecule has 1 N–H and O–H groups in total. The molecule has 0 heterocycles. The molecule has 0 aliphatic rings. The second-order valence-corrected chi connectivity index (χ2v) is 4.02. The van der Waals surface area contributed by atoms with Crippen molar-refractivity contribution < 1.29 is 4.74 Å². The Kier molecular flexibility index (Phi) is 5.30. The van der Waals surface area contributed by atoms with Gasteiger partial charge in [0.25, 0.3) is 0 Å². The van der Waals surface area contributed by atoms with Crippen LogP contribution in [0.4, 0.5) is 0 Å². The van der Waals surface area contributed by atoms with Crippen molar-refractivity contribution in [2.75, 3.05) is 19.7 Å². The Hall–Kier alpha value is -0.250. The first kappa shape index (κ1) is 11.8. The fourth-order valence-electron chi connectivity index (χ4n) is 1.23. The number of rotatable bonds is 5. The van der Waals surface area contributed by atoms with Crippen molar-refractivity contribution in [3.05, 3.63) is 28.2 Å². The Labute approximate surface area is 97.7 Å². The molecule has 1 rings (SSSR count). The van der Waals surface area contributed by atoms with Crippen LogP contribution in [-0.4, -0.2) is 19.7 Å². The minimum absolute atomic E-state index is 0.482. The summed E-state index contributed by atoms with van der Waals surface area (Å²) < 4.78 is 6.32. The molecular weight excluding hydrogens is 265 g/mol. The lowest BCUT2D eigenvalue weighted by molar-refractivity contribution is 0.409. The summed E-state index contributed by atoms with van der Waals surface area (Å²) in [7, 11) is 1.68. The number of methoxy groups -OCH3 is 1. The van der Waals surface area contributed by atoms with Crippen LogP contribution < -0.4 is 10.1 Å². The molecule has 0 amide bonds. The molecule has 0 radical (unpaired) electrons. The number of ether oxygens (including phenoxy) is 1. The topological polar surface area (TPSA) is 21.3 Å². The molecule has 2 nitrogen and oxygen atoms in total. The number of hydrogen-bond donors (Lipinski definition) is 1. The van der Waals surface area contributed by atoms with E-state index in [1.165, 1.54) is 5.56 Å². The van der Waals surface area contributed by atoms with Crippen molar-refractivity contribution >= 4 is 27.5 Å². The van der Waals surface area contributed by atoms with Gasteiger partial charge < -0.3 is 10.1 Å². The third kappa shape index (κ3) is 3.48. The maximum Gasteiger partial charge on any atom is 0.122 e. The first-order valence-electron chi connectivity index (χ1n) is 4.37. The molecule has 0 aliphatic heterocycles. The maximum absolute atomic E-state index is 5.52. The van der Waals surface area contributed by atoms with Gasteiger partial charge in [0.15, 0.2) is 0 Å². The number of halogens is 2. The molecule has 1 aromatic rings. The van der Waals surface area contributed by atoms with Gasteiger partial charge in [-0.2, -0.15) is 0 Å². The summed E-state index contributed by atoms with van der Waals surface area (Å²) in [6.45, 7) is 0.857. The molecular formula is C10H13BrClNO. The zero-order chi connectivity index (χ0) is 10.4. The Balaban J connectivity index is 2.67. The minimum Gasteiger partial charge on any atom is -0.496 e. The van der Waals surface area contributed by atoms with Crippen LogP contribution in [0.25, 0.3) is 0 Å². The van der Waals surface area contributed by atoms with Gasteiger partial charge in [0.1, 0.15) is 5.75 Å². The third-order valence-corrected chi connectivity index (χ3v) is 2.59. The Bertz CT molecular complexity index is 293. The summed E-state index contributed by atoms with van der Waals surface area (Å²) >= 11 is 8.95. The van der Waals surface area contributed by atoms with E-state index < -0.39 is 0 Å². The van der Waals surface area contributed by atoms with Gasteiger partial charge in [0, 0.05) is 11.0 Å². The molecule has 0 aliphatic carbocycles. The Morgan fingerprint density at radius 2 is 2.29 bits per heavy atom. The lowest BCUT2D eigenvalue weighted by Gasteiger charge is -2.08. The van der Waals surface area contributed by atoms with Gasteiger partial charge in [-0.3, -0.25) is 0 Å². The van der Waals surface area contributed by atoms with E-state index >= 15 is 0 Å². The molecule has 0 fully saturated rings. The number of alkyl halides is 1. The van der Waals surface area contributed by atoms with Crippen LogP contribution in [0.2, 0.25) is 0 Å². The van der Waals surface area contributed by atoms with Crippen molar-refractivity contribution in [1.29, 1.82) is 0 Å². The van der Waals surface area contributed by atoms with E-state index in [4.69, 9.17) is 16.3 Å². The quantitative estimate of drug-likeness (QED) is 0.508. The zero-order valence-corrected chi connectivity index (χ0v) is 10.4. The summed E-state index contributed by atoms with van der Waals surface area (Å²) in [5.74, 6) is 0.921. The highest BCUT2D eigenvalue weighted by molar-refractivity contribution is 9.10. The minimum atomic E-state index is 0.482. The van der Waals surface area contributed by atoms with Gasteiger partial charge in [0.2, 0.25) is 0 Å². The van der Waals surface area contributed by atoms with E-state index in [1.807, 2.05) is 12.1 Å². The van der Waals surface area contributed by atoms with Crippen molar-refractivity contribution in [3.63, 3.8) is 0 Å². The highest BCUT2D eigenvalue weighted by Crippen LogP contribution is 2.22. The van der Waals surface area contributed by atoms with Crippen LogP contribution in [0.5, 0.6) is 5.75 Å². The highest BCUT2D eigenvalue weighted by Gasteiger charge is 2.02. The average Bonchev–Trinajstić information content (AvgIpc) is 2.19. The van der Waals surface area contributed by atoms with Crippen LogP contribution in [0, 0.1) is 0 Å². The first-order chi connectivity index (χ1) is 6.77. The fourth-order valence-corrected chi connectivity index (χ4v) is 1.77. The summed E-state index contributed by atoms with van der Waals surface area (Å²) in [5.41, 5.74) is 1.18. The van der Waals surface area contributed by atoms with Crippen LogP contribution in [-0.2, 0) is 6.42 Å². The molecule has 78 valence electrons. The molecule has 0 bridgehead atoms. The van der Waals surface area contributed by atoms with E-state index in [1.54, 1.807) is 7.11 Å². The second kappa shape index (κ2) is 6.27. The molecule has 0 atom stereocenters. The predicted molar refractivity (Wildman–Crippen MR) is 63.1 cm³/mol. The molecule has 0 aromatic heterocycles.